The molecule has 1 atom stereocenters. The molecular formula is C18H22N4O4. The third-order valence-electron chi connectivity index (χ3n) is 4.12. The van der Waals surface area contributed by atoms with Gasteiger partial charge >= 0.3 is 11.8 Å². The number of amides is 2. The summed E-state index contributed by atoms with van der Waals surface area (Å²) < 4.78 is 12.5. The molecule has 2 heterocycles. The predicted molar refractivity (Wildman–Crippen MR) is 96.2 cm³/mol. The van der Waals surface area contributed by atoms with Crippen LogP contribution in [0.1, 0.15) is 18.4 Å². The molecule has 26 heavy (non-hydrogen) atoms. The first-order valence-electron chi connectivity index (χ1n) is 8.46. The summed E-state index contributed by atoms with van der Waals surface area (Å²) in [6.45, 7) is 3.29. The third-order valence-corrected chi connectivity index (χ3v) is 4.12. The quantitative estimate of drug-likeness (QED) is 0.797. The molecule has 0 spiro atoms. The van der Waals surface area contributed by atoms with Crippen LogP contribution in [0, 0.1) is 6.92 Å². The molecule has 2 aromatic rings. The maximum absolute atomic E-state index is 12.2. The molecule has 3 rings (SSSR count). The van der Waals surface area contributed by atoms with Crippen molar-refractivity contribution >= 4 is 23.2 Å². The summed E-state index contributed by atoms with van der Waals surface area (Å²) in [5, 5.41) is 9.29. The largest absolute Gasteiger partial charge is 0.495 e. The Labute approximate surface area is 151 Å². The molecule has 1 saturated heterocycles. The van der Waals surface area contributed by atoms with Gasteiger partial charge in [0.05, 0.1) is 37.3 Å². The zero-order chi connectivity index (χ0) is 18.5. The fourth-order valence-electron chi connectivity index (χ4n) is 2.81. The summed E-state index contributed by atoms with van der Waals surface area (Å²) >= 11 is 0. The number of ether oxygens (including phenoxy) is 2. The molecule has 0 bridgehead atoms. The fourth-order valence-corrected chi connectivity index (χ4v) is 2.81. The molecular weight excluding hydrogens is 336 g/mol. The fraction of sp³-hybridized carbons (Fsp3) is 0.389. The molecule has 138 valence electrons. The molecule has 0 saturated carbocycles. The van der Waals surface area contributed by atoms with E-state index in [-0.39, 0.29) is 6.10 Å². The van der Waals surface area contributed by atoms with E-state index in [4.69, 9.17) is 9.47 Å². The third kappa shape index (κ3) is 4.40. The van der Waals surface area contributed by atoms with Crippen molar-refractivity contribution in [3.8, 4) is 5.75 Å². The van der Waals surface area contributed by atoms with Gasteiger partial charge in [0.1, 0.15) is 5.75 Å². The maximum Gasteiger partial charge on any atom is 0.314 e. The van der Waals surface area contributed by atoms with Gasteiger partial charge in [-0.3, -0.25) is 14.3 Å². The van der Waals surface area contributed by atoms with Gasteiger partial charge in [0, 0.05) is 12.8 Å². The highest BCUT2D eigenvalue weighted by Gasteiger charge is 2.19. The average molecular weight is 358 g/mol. The first-order valence-corrected chi connectivity index (χ1v) is 8.46. The summed E-state index contributed by atoms with van der Waals surface area (Å²) in [5.41, 5.74) is 1.85. The minimum absolute atomic E-state index is 0.149. The number of rotatable bonds is 5. The highest BCUT2D eigenvalue weighted by molar-refractivity contribution is 6.43. The van der Waals surface area contributed by atoms with Crippen LogP contribution >= 0.6 is 0 Å². The molecule has 1 aromatic carbocycles. The van der Waals surface area contributed by atoms with Gasteiger partial charge in [0.15, 0.2) is 0 Å². The van der Waals surface area contributed by atoms with Crippen molar-refractivity contribution in [2.24, 2.45) is 0 Å². The Balaban J connectivity index is 1.58. The van der Waals surface area contributed by atoms with Crippen molar-refractivity contribution in [1.82, 2.24) is 9.78 Å². The number of methoxy groups -OCH3 is 1. The molecule has 0 unspecified atom stereocenters. The van der Waals surface area contributed by atoms with Gasteiger partial charge in [0.25, 0.3) is 0 Å². The molecule has 1 aromatic heterocycles. The van der Waals surface area contributed by atoms with Gasteiger partial charge in [-0.15, -0.1) is 0 Å². The van der Waals surface area contributed by atoms with Crippen LogP contribution in [-0.4, -0.2) is 41.4 Å². The molecule has 8 heteroatoms. The van der Waals surface area contributed by atoms with Crippen molar-refractivity contribution in [2.75, 3.05) is 24.4 Å². The van der Waals surface area contributed by atoms with Gasteiger partial charge in [0.2, 0.25) is 0 Å². The normalized spacial score (nSPS) is 16.3. The van der Waals surface area contributed by atoms with Crippen LogP contribution in [0.4, 0.5) is 11.4 Å². The van der Waals surface area contributed by atoms with E-state index in [1.54, 1.807) is 23.0 Å². The lowest BCUT2D eigenvalue weighted by molar-refractivity contribution is -0.133. The van der Waals surface area contributed by atoms with E-state index in [1.807, 2.05) is 13.0 Å². The second-order valence-electron chi connectivity index (χ2n) is 6.20. The van der Waals surface area contributed by atoms with Crippen molar-refractivity contribution in [2.45, 2.75) is 32.4 Å². The predicted octanol–water partition coefficient (Wildman–Crippen LogP) is 1.96. The number of carbonyl (C=O) groups is 2. The standard InChI is InChI=1S/C18H22N4O4/c1-12-5-6-16(25-2)15(8-12)21-18(24)17(23)20-13-9-19-22(10-13)11-14-4-3-7-26-14/h5-6,8-10,14H,3-4,7,11H2,1-2H3,(H,20,23)(H,21,24)/t14-/m0/s1. The number of aryl methyl sites for hydroxylation is 1. The number of carbonyl (C=O) groups excluding carboxylic acids is 2. The zero-order valence-electron chi connectivity index (χ0n) is 14.8. The number of aromatic nitrogens is 2. The molecule has 1 aliphatic heterocycles. The van der Waals surface area contributed by atoms with E-state index in [0.717, 1.165) is 25.0 Å². The van der Waals surface area contributed by atoms with Gasteiger partial charge < -0.3 is 20.1 Å². The van der Waals surface area contributed by atoms with Crippen LogP contribution in [0.5, 0.6) is 5.75 Å². The Morgan fingerprint density at radius 1 is 1.35 bits per heavy atom. The molecule has 2 N–H and O–H groups in total. The highest BCUT2D eigenvalue weighted by atomic mass is 16.5. The van der Waals surface area contributed by atoms with E-state index in [9.17, 15) is 9.59 Å². The summed E-state index contributed by atoms with van der Waals surface area (Å²) in [5.74, 6) is -1.06. The molecule has 1 aliphatic rings. The van der Waals surface area contributed by atoms with E-state index in [0.29, 0.717) is 23.7 Å². The minimum atomic E-state index is -0.777. The highest BCUT2D eigenvalue weighted by Crippen LogP contribution is 2.25. The lowest BCUT2D eigenvalue weighted by Crippen LogP contribution is -2.29. The van der Waals surface area contributed by atoms with E-state index < -0.39 is 11.8 Å². The van der Waals surface area contributed by atoms with E-state index in [1.165, 1.54) is 13.3 Å². The number of anilines is 2. The Hall–Kier alpha value is -2.87. The second-order valence-corrected chi connectivity index (χ2v) is 6.20. The Kier molecular flexibility index (Phi) is 5.52. The van der Waals surface area contributed by atoms with Gasteiger partial charge in [-0.05, 0) is 37.5 Å². The number of hydrogen-bond acceptors (Lipinski definition) is 5. The Morgan fingerprint density at radius 3 is 2.88 bits per heavy atom. The van der Waals surface area contributed by atoms with Crippen molar-refractivity contribution in [3.63, 3.8) is 0 Å². The first kappa shape index (κ1) is 17.9. The summed E-state index contributed by atoms with van der Waals surface area (Å²) in [7, 11) is 1.50. The molecule has 8 nitrogen and oxygen atoms in total. The van der Waals surface area contributed by atoms with E-state index >= 15 is 0 Å². The monoisotopic (exact) mass is 358 g/mol. The topological polar surface area (TPSA) is 94.5 Å². The smallest absolute Gasteiger partial charge is 0.314 e. The molecule has 0 radical (unpaired) electrons. The SMILES string of the molecule is COc1ccc(C)cc1NC(=O)C(=O)Nc1cnn(C[C@@H]2CCCO2)c1. The lowest BCUT2D eigenvalue weighted by Gasteiger charge is -2.10. The average Bonchev–Trinajstić information content (AvgIpc) is 3.27. The van der Waals surface area contributed by atoms with Crippen molar-refractivity contribution < 1.29 is 19.1 Å². The van der Waals surface area contributed by atoms with Crippen LogP contribution in [-0.2, 0) is 20.9 Å². The summed E-state index contributed by atoms with van der Waals surface area (Å²) in [4.78, 5) is 24.3. The van der Waals surface area contributed by atoms with Crippen molar-refractivity contribution in [3.05, 3.63) is 36.2 Å². The van der Waals surface area contributed by atoms with Gasteiger partial charge in [-0.25, -0.2) is 0 Å². The molecule has 1 fully saturated rings. The van der Waals surface area contributed by atoms with Crippen LogP contribution in [0.3, 0.4) is 0 Å². The number of nitrogens with one attached hydrogen (secondary N) is 2. The lowest BCUT2D eigenvalue weighted by atomic mass is 10.2. The van der Waals surface area contributed by atoms with Crippen LogP contribution < -0.4 is 15.4 Å². The van der Waals surface area contributed by atoms with Crippen molar-refractivity contribution in [1.29, 1.82) is 0 Å². The van der Waals surface area contributed by atoms with Crippen LogP contribution in [0.25, 0.3) is 0 Å². The number of hydrogen-bond donors (Lipinski definition) is 2. The number of nitrogens with zero attached hydrogens (tertiary/aromatic N) is 2. The molecule has 2 amide bonds. The van der Waals surface area contributed by atoms with Crippen LogP contribution in [0.15, 0.2) is 30.6 Å². The van der Waals surface area contributed by atoms with Crippen LogP contribution in [0.2, 0.25) is 0 Å². The summed E-state index contributed by atoms with van der Waals surface area (Å²) in [6, 6.07) is 5.33. The van der Waals surface area contributed by atoms with E-state index in [2.05, 4.69) is 15.7 Å². The first-order chi connectivity index (χ1) is 12.5. The van der Waals surface area contributed by atoms with Gasteiger partial charge in [-0.2, -0.15) is 5.10 Å². The zero-order valence-corrected chi connectivity index (χ0v) is 14.8. The maximum atomic E-state index is 12.2. The van der Waals surface area contributed by atoms with Gasteiger partial charge in [-0.1, -0.05) is 6.07 Å². The Morgan fingerprint density at radius 2 is 2.15 bits per heavy atom. The minimum Gasteiger partial charge on any atom is -0.495 e. The summed E-state index contributed by atoms with van der Waals surface area (Å²) in [6.07, 6.45) is 5.39. The number of benzene rings is 1. The Bertz CT molecular complexity index is 796. The molecule has 0 aliphatic carbocycles. The second kappa shape index (κ2) is 8.01.